The van der Waals surface area contributed by atoms with Gasteiger partial charge >= 0.3 is 18.1 Å². The van der Waals surface area contributed by atoms with Gasteiger partial charge in [0.1, 0.15) is 5.75 Å². The minimum atomic E-state index is -5.27. The largest absolute Gasteiger partial charge is 0.495 e. The molecule has 0 radical (unpaired) electrons. The lowest BCUT2D eigenvalue weighted by atomic mass is 9.88. The highest BCUT2D eigenvalue weighted by Crippen LogP contribution is 2.35. The topological polar surface area (TPSA) is 114 Å². The fraction of sp³-hybridized carbons (Fsp3) is 0.346. The number of guanidine groups is 1. The van der Waals surface area contributed by atoms with Crippen molar-refractivity contribution in [2.75, 3.05) is 26.2 Å². The van der Waals surface area contributed by atoms with Crippen molar-refractivity contribution in [1.29, 1.82) is 0 Å². The van der Waals surface area contributed by atoms with E-state index in [9.17, 15) is 22.8 Å². The molecule has 1 aliphatic rings. The van der Waals surface area contributed by atoms with E-state index in [4.69, 9.17) is 4.74 Å². The molecule has 2 heterocycles. The van der Waals surface area contributed by atoms with Crippen molar-refractivity contribution in [1.82, 2.24) is 15.6 Å². The Bertz CT molecular complexity index is 1280. The molecular formula is C26H27F3N4O5. The molecule has 3 N–H and O–H groups in total. The summed E-state index contributed by atoms with van der Waals surface area (Å²) in [6.07, 6.45) is -2.12. The average molecular weight is 533 g/mol. The molecule has 2 aromatic carbocycles. The summed E-state index contributed by atoms with van der Waals surface area (Å²) in [6.45, 7) is 2.99. The van der Waals surface area contributed by atoms with Crippen molar-refractivity contribution in [2.24, 2.45) is 4.99 Å². The zero-order valence-corrected chi connectivity index (χ0v) is 20.3. The van der Waals surface area contributed by atoms with Gasteiger partial charge < -0.3 is 20.4 Å². The van der Waals surface area contributed by atoms with E-state index in [1.165, 1.54) is 0 Å². The third-order valence-corrected chi connectivity index (χ3v) is 5.88. The highest BCUT2D eigenvalue weighted by Gasteiger charge is 2.43. The number of H-pyrrole nitrogens is 1. The lowest BCUT2D eigenvalue weighted by Gasteiger charge is -2.16. The molecule has 0 saturated heterocycles. The molecule has 4 rings (SSSR count). The van der Waals surface area contributed by atoms with Gasteiger partial charge in [-0.3, -0.25) is 4.99 Å². The van der Waals surface area contributed by atoms with E-state index in [0.717, 1.165) is 60.5 Å². The maximum atomic E-state index is 12.4. The van der Waals surface area contributed by atoms with Crippen LogP contribution < -0.4 is 15.4 Å². The van der Waals surface area contributed by atoms with Gasteiger partial charge in [-0.25, -0.2) is 19.4 Å². The van der Waals surface area contributed by atoms with Crippen LogP contribution in [0, 0.1) is 0 Å². The number of carbonyl (C=O) groups excluding carboxylic acids is 2. The summed E-state index contributed by atoms with van der Waals surface area (Å²) in [5.74, 6) is -2.77. The van der Waals surface area contributed by atoms with Crippen molar-refractivity contribution < 1.29 is 37.3 Å². The van der Waals surface area contributed by atoms with Crippen molar-refractivity contribution >= 4 is 28.8 Å². The summed E-state index contributed by atoms with van der Waals surface area (Å²) in [4.78, 5) is 38.5. The second kappa shape index (κ2) is 12.3. The normalized spacial score (nSPS) is 13.9. The second-order valence-corrected chi connectivity index (χ2v) is 8.58. The predicted molar refractivity (Wildman–Crippen MR) is 132 cm³/mol. The van der Waals surface area contributed by atoms with E-state index in [1.807, 2.05) is 18.2 Å². The molecule has 202 valence electrons. The van der Waals surface area contributed by atoms with Crippen molar-refractivity contribution in [3.63, 3.8) is 0 Å². The smallest absolute Gasteiger partial charge is 0.494 e. The van der Waals surface area contributed by atoms with Crippen LogP contribution in [0.5, 0.6) is 5.75 Å². The van der Waals surface area contributed by atoms with Crippen LogP contribution in [0.25, 0.3) is 10.9 Å². The second-order valence-electron chi connectivity index (χ2n) is 8.58. The Labute approximate surface area is 216 Å². The Kier molecular flexibility index (Phi) is 8.72. The van der Waals surface area contributed by atoms with Crippen LogP contribution in [0.3, 0.4) is 0 Å². The van der Waals surface area contributed by atoms with Crippen molar-refractivity contribution in [3.05, 3.63) is 65.9 Å². The van der Waals surface area contributed by atoms with Gasteiger partial charge in [-0.15, -0.1) is 0 Å². The molecule has 0 spiro atoms. The Morgan fingerprint density at radius 2 is 1.89 bits per heavy atom. The standard InChI is InChI=1S/C26H27F3N4O5/c27-26(28,29)24(35)38-37-23(34)15-20(17-6-2-1-3-7-17)21-16-33-22-14-18(8-9-19(21)22)36-13-5-4-10-30-25-31-11-12-32-25/h1-3,6-9,14,16,20,33H,4-5,10-13,15H2,(H2,30,31,32). The van der Waals surface area contributed by atoms with E-state index < -0.39 is 24.0 Å². The van der Waals surface area contributed by atoms with Crippen LogP contribution in [-0.2, 0) is 19.4 Å². The van der Waals surface area contributed by atoms with E-state index in [2.05, 4.69) is 30.4 Å². The molecule has 1 atom stereocenters. The van der Waals surface area contributed by atoms with E-state index in [0.29, 0.717) is 12.4 Å². The first kappa shape index (κ1) is 26.8. The number of rotatable bonds is 10. The first-order chi connectivity index (χ1) is 18.3. The molecule has 0 saturated carbocycles. The van der Waals surface area contributed by atoms with Crippen LogP contribution in [0.4, 0.5) is 13.2 Å². The third-order valence-electron chi connectivity index (χ3n) is 5.88. The quantitative estimate of drug-likeness (QED) is 0.206. The van der Waals surface area contributed by atoms with Gasteiger partial charge in [0.15, 0.2) is 5.96 Å². The highest BCUT2D eigenvalue weighted by atomic mass is 19.4. The number of halogens is 3. The Hall–Kier alpha value is -4.22. The first-order valence-corrected chi connectivity index (χ1v) is 12.1. The number of benzene rings is 2. The maximum absolute atomic E-state index is 12.4. The molecule has 0 bridgehead atoms. The van der Waals surface area contributed by atoms with Gasteiger partial charge in [-0.2, -0.15) is 13.2 Å². The number of hydrogen-bond donors (Lipinski definition) is 3. The number of unbranched alkanes of at least 4 members (excludes halogenated alkanes) is 1. The summed E-state index contributed by atoms with van der Waals surface area (Å²) in [5.41, 5.74) is 2.23. The molecule has 38 heavy (non-hydrogen) atoms. The maximum Gasteiger partial charge on any atom is 0.495 e. The SMILES string of the molecule is O=C(CC(c1ccccc1)c1c[nH]c2cc(OCCCCNC3=NCCN3)ccc12)OOC(=O)C(F)(F)F. The van der Waals surface area contributed by atoms with Crippen LogP contribution in [-0.4, -0.2) is 55.3 Å². The molecule has 1 unspecified atom stereocenters. The number of alkyl halides is 3. The average Bonchev–Trinajstić information content (AvgIpc) is 3.57. The molecule has 0 amide bonds. The summed E-state index contributed by atoms with van der Waals surface area (Å²) in [5, 5.41) is 7.20. The molecule has 12 heteroatoms. The van der Waals surface area contributed by atoms with Crippen LogP contribution in [0.15, 0.2) is 59.7 Å². The predicted octanol–water partition coefficient (Wildman–Crippen LogP) is 3.96. The Balaban J connectivity index is 1.38. The number of aromatic amines is 1. The highest BCUT2D eigenvalue weighted by molar-refractivity contribution is 5.86. The third kappa shape index (κ3) is 7.17. The molecule has 0 aliphatic carbocycles. The van der Waals surface area contributed by atoms with Gasteiger partial charge in [0, 0.05) is 42.2 Å². The molecule has 1 aliphatic heterocycles. The summed E-state index contributed by atoms with van der Waals surface area (Å²) >= 11 is 0. The van der Waals surface area contributed by atoms with Gasteiger partial charge in [-0.1, -0.05) is 30.3 Å². The molecule has 0 fully saturated rings. The first-order valence-electron chi connectivity index (χ1n) is 12.1. The lowest BCUT2D eigenvalue weighted by molar-refractivity contribution is -0.285. The fourth-order valence-corrected chi connectivity index (χ4v) is 4.07. The minimum Gasteiger partial charge on any atom is -0.494 e. The number of nitrogens with one attached hydrogen (secondary N) is 3. The molecule has 1 aromatic heterocycles. The number of aliphatic imine (C=N–C) groups is 1. The van der Waals surface area contributed by atoms with Gasteiger partial charge in [0.05, 0.1) is 19.6 Å². The number of fused-ring (bicyclic) bond motifs is 1. The van der Waals surface area contributed by atoms with Crippen LogP contribution in [0.2, 0.25) is 0 Å². The van der Waals surface area contributed by atoms with E-state index in [1.54, 1.807) is 36.5 Å². The molecular weight excluding hydrogens is 505 g/mol. The molecule has 9 nitrogen and oxygen atoms in total. The lowest BCUT2D eigenvalue weighted by Crippen LogP contribution is -2.34. The summed E-state index contributed by atoms with van der Waals surface area (Å²) in [7, 11) is 0. The van der Waals surface area contributed by atoms with Gasteiger partial charge in [0.2, 0.25) is 0 Å². The number of carbonyl (C=O) groups is 2. The Morgan fingerprint density at radius 3 is 2.63 bits per heavy atom. The van der Waals surface area contributed by atoms with Gasteiger partial charge in [0.25, 0.3) is 0 Å². The summed E-state index contributed by atoms with van der Waals surface area (Å²) in [6, 6.07) is 14.5. The Morgan fingerprint density at radius 1 is 1.08 bits per heavy atom. The zero-order valence-electron chi connectivity index (χ0n) is 20.3. The van der Waals surface area contributed by atoms with Gasteiger partial charge in [-0.05, 0) is 36.1 Å². The van der Waals surface area contributed by atoms with Crippen molar-refractivity contribution in [3.8, 4) is 5.75 Å². The van der Waals surface area contributed by atoms with Crippen LogP contribution >= 0.6 is 0 Å². The fourth-order valence-electron chi connectivity index (χ4n) is 4.07. The van der Waals surface area contributed by atoms with Crippen LogP contribution in [0.1, 0.15) is 36.3 Å². The molecule has 3 aromatic rings. The van der Waals surface area contributed by atoms with Crippen molar-refractivity contribution in [2.45, 2.75) is 31.4 Å². The van der Waals surface area contributed by atoms with E-state index >= 15 is 0 Å². The van der Waals surface area contributed by atoms with E-state index in [-0.39, 0.29) is 6.42 Å². The number of nitrogens with zero attached hydrogens (tertiary/aromatic N) is 1. The number of hydrogen-bond acceptors (Lipinski definition) is 8. The number of ether oxygens (including phenoxy) is 1. The summed E-state index contributed by atoms with van der Waals surface area (Å²) < 4.78 is 43.0. The minimum absolute atomic E-state index is 0.351. The zero-order chi connectivity index (χ0) is 27.0. The number of aromatic nitrogens is 1. The monoisotopic (exact) mass is 532 g/mol.